The van der Waals surface area contributed by atoms with Gasteiger partial charge in [-0.15, -0.1) is 0 Å². The molecule has 0 aliphatic heterocycles. The Hall–Kier alpha value is -2.83. The van der Waals surface area contributed by atoms with E-state index in [9.17, 15) is 13.2 Å². The first-order chi connectivity index (χ1) is 13.4. The molecule has 3 aromatic rings. The molecule has 0 aliphatic carbocycles. The molecule has 0 aliphatic rings. The first-order valence-electron chi connectivity index (χ1n) is 8.54. The first-order valence-corrected chi connectivity index (χ1v) is 10.4. The molecule has 0 aromatic heterocycles. The number of nitrogens with zero attached hydrogens (tertiary/aromatic N) is 2. The zero-order chi connectivity index (χ0) is 20.1. The molecule has 0 fully saturated rings. The lowest BCUT2D eigenvalue weighted by atomic mass is 10.3. The van der Waals surface area contributed by atoms with Gasteiger partial charge in [-0.3, -0.25) is 9.10 Å². The van der Waals surface area contributed by atoms with Crippen molar-refractivity contribution in [3.63, 3.8) is 0 Å². The van der Waals surface area contributed by atoms with Crippen molar-refractivity contribution in [1.29, 1.82) is 0 Å². The zero-order valence-electron chi connectivity index (χ0n) is 15.2. The number of rotatable bonds is 6. The van der Waals surface area contributed by atoms with Gasteiger partial charge in [-0.05, 0) is 42.5 Å². The van der Waals surface area contributed by atoms with Gasteiger partial charge in [0.2, 0.25) is 5.91 Å². The van der Waals surface area contributed by atoms with Gasteiger partial charge < -0.3 is 4.90 Å². The van der Waals surface area contributed by atoms with E-state index in [-0.39, 0.29) is 17.3 Å². The summed E-state index contributed by atoms with van der Waals surface area (Å²) in [6.45, 7) is -0.358. The highest BCUT2D eigenvalue weighted by Crippen LogP contribution is 2.26. The number of hydrogen-bond donors (Lipinski definition) is 0. The molecular weight excluding hydrogens is 396 g/mol. The fourth-order valence-corrected chi connectivity index (χ4v) is 4.30. The monoisotopic (exact) mass is 414 g/mol. The summed E-state index contributed by atoms with van der Waals surface area (Å²) >= 11 is 6.06. The lowest BCUT2D eigenvalue weighted by Crippen LogP contribution is -2.41. The molecule has 0 unspecified atom stereocenters. The Morgan fingerprint density at radius 3 is 2.04 bits per heavy atom. The van der Waals surface area contributed by atoms with E-state index >= 15 is 0 Å². The summed E-state index contributed by atoms with van der Waals surface area (Å²) in [5.74, 6) is -0.370. The molecule has 0 radical (unpaired) electrons. The van der Waals surface area contributed by atoms with Crippen molar-refractivity contribution in [2.45, 2.75) is 4.90 Å². The van der Waals surface area contributed by atoms with Crippen molar-refractivity contribution >= 4 is 38.9 Å². The van der Waals surface area contributed by atoms with Crippen LogP contribution in [-0.2, 0) is 14.8 Å². The largest absolute Gasteiger partial charge is 0.314 e. The standard InChI is InChI=1S/C21H19ClN2O3S/c1-23(18-10-4-2-5-11-18)21(25)16-24(19-12-8-9-17(22)15-19)28(26,27)20-13-6-3-7-14-20/h2-15H,16H2,1H3. The van der Waals surface area contributed by atoms with Gasteiger partial charge in [0.25, 0.3) is 10.0 Å². The molecule has 0 bridgehead atoms. The smallest absolute Gasteiger partial charge is 0.264 e. The van der Waals surface area contributed by atoms with Crippen molar-refractivity contribution in [2.24, 2.45) is 0 Å². The maximum absolute atomic E-state index is 13.3. The minimum absolute atomic E-state index is 0.102. The van der Waals surface area contributed by atoms with Crippen LogP contribution in [-0.4, -0.2) is 27.9 Å². The van der Waals surface area contributed by atoms with Gasteiger partial charge in [-0.2, -0.15) is 0 Å². The number of hydrogen-bond acceptors (Lipinski definition) is 3. The summed E-state index contributed by atoms with van der Waals surface area (Å²) in [4.78, 5) is 14.4. The number of amides is 1. The van der Waals surface area contributed by atoms with Crippen LogP contribution in [0.1, 0.15) is 0 Å². The SMILES string of the molecule is CN(C(=O)CN(c1cccc(Cl)c1)S(=O)(=O)c1ccccc1)c1ccccc1. The lowest BCUT2D eigenvalue weighted by Gasteiger charge is -2.27. The minimum Gasteiger partial charge on any atom is -0.314 e. The predicted molar refractivity (Wildman–Crippen MR) is 112 cm³/mol. The third-order valence-electron chi connectivity index (χ3n) is 4.22. The molecule has 0 saturated carbocycles. The van der Waals surface area contributed by atoms with Crippen LogP contribution < -0.4 is 9.21 Å². The number of anilines is 2. The molecule has 28 heavy (non-hydrogen) atoms. The van der Waals surface area contributed by atoms with Crippen LogP contribution in [0.4, 0.5) is 11.4 Å². The van der Waals surface area contributed by atoms with Gasteiger partial charge in [0.1, 0.15) is 6.54 Å². The van der Waals surface area contributed by atoms with E-state index in [0.717, 1.165) is 4.31 Å². The Kier molecular flexibility index (Phi) is 6.02. The Labute approximate surface area is 169 Å². The molecule has 0 spiro atoms. The summed E-state index contributed by atoms with van der Waals surface area (Å²) < 4.78 is 27.6. The van der Waals surface area contributed by atoms with E-state index in [1.54, 1.807) is 55.6 Å². The summed E-state index contributed by atoms with van der Waals surface area (Å²) in [6, 6.07) is 23.5. The van der Waals surface area contributed by atoms with Gasteiger partial charge >= 0.3 is 0 Å². The number of likely N-dealkylation sites (N-methyl/N-ethyl adjacent to an activating group) is 1. The molecule has 0 saturated heterocycles. The van der Waals surface area contributed by atoms with Crippen LogP contribution in [0.25, 0.3) is 0 Å². The molecule has 0 atom stereocenters. The fourth-order valence-electron chi connectivity index (χ4n) is 2.69. The normalized spacial score (nSPS) is 11.1. The number of halogens is 1. The van der Waals surface area contributed by atoms with Crippen LogP contribution >= 0.6 is 11.6 Å². The second-order valence-electron chi connectivity index (χ2n) is 6.09. The highest BCUT2D eigenvalue weighted by molar-refractivity contribution is 7.92. The Bertz CT molecular complexity index is 1060. The number of benzene rings is 3. The fraction of sp³-hybridized carbons (Fsp3) is 0.0952. The quantitative estimate of drug-likeness (QED) is 0.607. The highest BCUT2D eigenvalue weighted by atomic mass is 35.5. The average molecular weight is 415 g/mol. The van der Waals surface area contributed by atoms with Crippen molar-refractivity contribution < 1.29 is 13.2 Å². The van der Waals surface area contributed by atoms with Crippen LogP contribution in [0.15, 0.2) is 89.8 Å². The first kappa shape index (κ1) is 19.9. The van der Waals surface area contributed by atoms with E-state index in [1.807, 2.05) is 18.2 Å². The number of para-hydroxylation sites is 1. The maximum atomic E-state index is 13.3. The summed E-state index contributed by atoms with van der Waals surface area (Å²) in [7, 11) is -2.34. The Morgan fingerprint density at radius 2 is 1.43 bits per heavy atom. The molecule has 144 valence electrons. The van der Waals surface area contributed by atoms with Gasteiger partial charge in [0.15, 0.2) is 0 Å². The van der Waals surface area contributed by atoms with E-state index < -0.39 is 10.0 Å². The predicted octanol–water partition coefficient (Wildman–Crippen LogP) is 4.20. The van der Waals surface area contributed by atoms with E-state index in [2.05, 4.69) is 0 Å². The van der Waals surface area contributed by atoms with Crippen LogP contribution in [0.2, 0.25) is 5.02 Å². The Balaban J connectivity index is 1.99. The molecular formula is C21H19ClN2O3S. The van der Waals surface area contributed by atoms with Crippen molar-refractivity contribution in [1.82, 2.24) is 0 Å². The van der Waals surface area contributed by atoms with Crippen LogP contribution in [0, 0.1) is 0 Å². The van der Waals surface area contributed by atoms with Crippen molar-refractivity contribution in [3.8, 4) is 0 Å². The molecule has 3 aromatic carbocycles. The number of carbonyl (C=O) groups is 1. The molecule has 5 nitrogen and oxygen atoms in total. The molecule has 0 heterocycles. The third-order valence-corrected chi connectivity index (χ3v) is 6.25. The summed E-state index contributed by atoms with van der Waals surface area (Å²) in [6.07, 6.45) is 0. The molecule has 7 heteroatoms. The molecule has 1 amide bonds. The lowest BCUT2D eigenvalue weighted by molar-refractivity contribution is -0.116. The summed E-state index contributed by atoms with van der Waals surface area (Å²) in [5.41, 5.74) is 1.00. The van der Waals surface area contributed by atoms with E-state index in [0.29, 0.717) is 16.4 Å². The van der Waals surface area contributed by atoms with Crippen LogP contribution in [0.5, 0.6) is 0 Å². The highest BCUT2D eigenvalue weighted by Gasteiger charge is 2.28. The molecule has 3 rings (SSSR count). The van der Waals surface area contributed by atoms with Crippen molar-refractivity contribution in [3.05, 3.63) is 90.0 Å². The average Bonchev–Trinajstić information content (AvgIpc) is 2.72. The van der Waals surface area contributed by atoms with E-state index in [4.69, 9.17) is 11.6 Å². The molecule has 0 N–H and O–H groups in total. The third kappa shape index (κ3) is 4.35. The van der Waals surface area contributed by atoms with Crippen LogP contribution in [0.3, 0.4) is 0 Å². The van der Waals surface area contributed by atoms with Gasteiger partial charge in [-0.1, -0.05) is 54.1 Å². The number of sulfonamides is 1. The minimum atomic E-state index is -3.95. The summed E-state index contributed by atoms with van der Waals surface area (Å²) in [5, 5.41) is 0.384. The topological polar surface area (TPSA) is 57.7 Å². The van der Waals surface area contributed by atoms with Gasteiger partial charge in [0, 0.05) is 17.8 Å². The maximum Gasteiger partial charge on any atom is 0.264 e. The van der Waals surface area contributed by atoms with E-state index in [1.165, 1.54) is 23.1 Å². The van der Waals surface area contributed by atoms with Gasteiger partial charge in [-0.25, -0.2) is 8.42 Å². The second kappa shape index (κ2) is 8.46. The zero-order valence-corrected chi connectivity index (χ0v) is 16.8. The number of carbonyl (C=O) groups excluding carboxylic acids is 1. The van der Waals surface area contributed by atoms with Crippen molar-refractivity contribution in [2.75, 3.05) is 22.8 Å². The second-order valence-corrected chi connectivity index (χ2v) is 8.39. The van der Waals surface area contributed by atoms with Gasteiger partial charge in [0.05, 0.1) is 10.6 Å². The Morgan fingerprint density at radius 1 is 0.857 bits per heavy atom.